The van der Waals surface area contributed by atoms with E-state index in [1.807, 2.05) is 13.8 Å². The average molecular weight is 381 g/mol. The quantitative estimate of drug-likeness (QED) is 0.770. The first kappa shape index (κ1) is 20.1. The molecule has 0 aliphatic carbocycles. The van der Waals surface area contributed by atoms with Gasteiger partial charge >= 0.3 is 6.03 Å². The zero-order valence-corrected chi connectivity index (χ0v) is 16.3. The molecule has 0 spiro atoms. The van der Waals surface area contributed by atoms with E-state index >= 15 is 0 Å². The number of carbonyl (C=O) groups is 1. The van der Waals surface area contributed by atoms with E-state index in [1.165, 1.54) is 4.90 Å². The van der Waals surface area contributed by atoms with Crippen LogP contribution in [0.3, 0.4) is 0 Å². The lowest BCUT2D eigenvalue weighted by Gasteiger charge is -2.17. The van der Waals surface area contributed by atoms with Crippen LogP contribution in [0, 0.1) is 5.82 Å². The number of sulfone groups is 1. The Morgan fingerprint density at radius 2 is 1.65 bits per heavy atom. The topological polar surface area (TPSA) is 72.3 Å². The van der Waals surface area contributed by atoms with Gasteiger partial charge in [0.1, 0.15) is 0 Å². The summed E-state index contributed by atoms with van der Waals surface area (Å²) in [4.78, 5) is 13.9. The molecule has 0 N–H and O–H groups in total. The van der Waals surface area contributed by atoms with Gasteiger partial charge in [0.2, 0.25) is 14.9 Å². The van der Waals surface area contributed by atoms with Gasteiger partial charge in [0.05, 0.1) is 11.1 Å². The van der Waals surface area contributed by atoms with Crippen molar-refractivity contribution in [3.05, 3.63) is 41.3 Å². The van der Waals surface area contributed by atoms with Crippen molar-refractivity contribution in [2.75, 3.05) is 13.1 Å². The van der Waals surface area contributed by atoms with Crippen LogP contribution in [-0.4, -0.2) is 42.2 Å². The van der Waals surface area contributed by atoms with Crippen LogP contribution >= 0.6 is 0 Å². The van der Waals surface area contributed by atoms with Gasteiger partial charge in [-0.3, -0.25) is 0 Å². The Bertz CT molecular complexity index is 880. The molecule has 1 aromatic heterocycles. The Morgan fingerprint density at radius 3 is 2.12 bits per heavy atom. The predicted octanol–water partition coefficient (Wildman–Crippen LogP) is 3.29. The molecule has 0 saturated carbocycles. The molecule has 0 atom stereocenters. The average Bonchev–Trinajstić information content (AvgIpc) is 3.04. The number of rotatable bonds is 6. The van der Waals surface area contributed by atoms with Crippen molar-refractivity contribution in [2.24, 2.45) is 0 Å². The Labute approximate surface area is 153 Å². The van der Waals surface area contributed by atoms with Gasteiger partial charge in [-0.15, -0.1) is 5.10 Å². The molecule has 2 aromatic rings. The Morgan fingerprint density at radius 1 is 1.12 bits per heavy atom. The number of amides is 1. The van der Waals surface area contributed by atoms with Gasteiger partial charge in [-0.2, -0.15) is 4.68 Å². The lowest BCUT2D eigenvalue weighted by molar-refractivity contribution is 0.201. The van der Waals surface area contributed by atoms with E-state index in [0.717, 1.165) is 10.9 Å². The minimum absolute atomic E-state index is 0.0874. The molecule has 0 aliphatic rings. The molecule has 0 aliphatic heterocycles. The Hall–Kier alpha value is -2.22. The van der Waals surface area contributed by atoms with Crippen molar-refractivity contribution >= 4 is 15.9 Å². The van der Waals surface area contributed by atoms with Gasteiger partial charge < -0.3 is 4.90 Å². The van der Waals surface area contributed by atoms with E-state index in [-0.39, 0.29) is 4.90 Å². The molecule has 6 nitrogen and oxygen atoms in total. The molecule has 142 valence electrons. The highest BCUT2D eigenvalue weighted by atomic mass is 32.2. The summed E-state index contributed by atoms with van der Waals surface area (Å²) in [6.45, 7) is 8.07. The largest absolute Gasteiger partial charge is 0.344 e. The zero-order valence-electron chi connectivity index (χ0n) is 15.5. The maximum atomic E-state index is 14.5. The number of benzene rings is 1. The highest BCUT2D eigenvalue weighted by Crippen LogP contribution is 2.29. The molecule has 26 heavy (non-hydrogen) atoms. The summed E-state index contributed by atoms with van der Waals surface area (Å²) in [6, 6.07) is 4.65. The molecule has 0 bridgehead atoms. The second-order valence-corrected chi connectivity index (χ2v) is 7.60. The molecule has 1 heterocycles. The minimum atomic E-state index is -4.18. The number of aryl methyl sites for hydroxylation is 2. The highest BCUT2D eigenvalue weighted by Gasteiger charge is 2.31. The van der Waals surface area contributed by atoms with Crippen LogP contribution in [0.25, 0.3) is 0 Å². The number of halogens is 1. The van der Waals surface area contributed by atoms with Crippen LogP contribution in [0.1, 0.15) is 38.8 Å². The second-order valence-electron chi connectivity index (χ2n) is 5.80. The number of carbonyl (C=O) groups excluding carboxylic acids is 1. The van der Waals surface area contributed by atoms with Gasteiger partial charge in [0.15, 0.2) is 5.82 Å². The predicted molar refractivity (Wildman–Crippen MR) is 96.5 cm³/mol. The summed E-state index contributed by atoms with van der Waals surface area (Å²) >= 11 is 0. The Balaban J connectivity index is 2.61. The van der Waals surface area contributed by atoms with Crippen LogP contribution in [0.5, 0.6) is 0 Å². The van der Waals surface area contributed by atoms with E-state index in [2.05, 4.69) is 5.10 Å². The van der Waals surface area contributed by atoms with Crippen LogP contribution < -0.4 is 0 Å². The smallest absolute Gasteiger partial charge is 0.323 e. The maximum absolute atomic E-state index is 14.5. The van der Waals surface area contributed by atoms with Crippen LogP contribution in [0.4, 0.5) is 9.18 Å². The normalized spacial score (nSPS) is 11.6. The molecule has 1 aromatic carbocycles. The first-order chi connectivity index (χ1) is 12.3. The first-order valence-corrected chi connectivity index (χ1v) is 10.2. The van der Waals surface area contributed by atoms with E-state index in [4.69, 9.17) is 0 Å². The van der Waals surface area contributed by atoms with Crippen LogP contribution in [-0.2, 0) is 22.7 Å². The van der Waals surface area contributed by atoms with Crippen molar-refractivity contribution in [2.45, 2.75) is 50.5 Å². The summed E-state index contributed by atoms with van der Waals surface area (Å²) in [5, 5.41) is 3.07. The van der Waals surface area contributed by atoms with Crippen molar-refractivity contribution in [3.8, 4) is 0 Å². The third-order valence-electron chi connectivity index (χ3n) is 4.33. The second kappa shape index (κ2) is 7.99. The fraction of sp³-hybridized carbons (Fsp3) is 0.444. The fourth-order valence-corrected chi connectivity index (χ4v) is 4.71. The highest BCUT2D eigenvalue weighted by molar-refractivity contribution is 7.91. The van der Waals surface area contributed by atoms with Crippen molar-refractivity contribution in [1.82, 2.24) is 14.7 Å². The Kier molecular flexibility index (Phi) is 6.17. The summed E-state index contributed by atoms with van der Waals surface area (Å²) in [7, 11) is -4.18. The molecule has 0 unspecified atom stereocenters. The number of nitrogens with zero attached hydrogens (tertiary/aromatic N) is 3. The summed E-state index contributed by atoms with van der Waals surface area (Å²) < 4.78 is 41.5. The zero-order chi connectivity index (χ0) is 19.5. The molecule has 0 fully saturated rings. The molecule has 0 saturated heterocycles. The monoisotopic (exact) mass is 381 g/mol. The molecule has 0 radical (unpaired) electrons. The molecular weight excluding hydrogens is 357 g/mol. The standard InChI is InChI=1S/C18H24FN3O3S/c1-5-13-10-9-11-14(6-2)16(13)26(24,25)17-15(19)12-22(20-17)18(23)21(7-3)8-4/h9-12H,5-8H2,1-4H3. The van der Waals surface area contributed by atoms with Crippen LogP contribution in [0.15, 0.2) is 34.3 Å². The number of aromatic nitrogens is 2. The number of hydrogen-bond acceptors (Lipinski definition) is 4. The lowest BCUT2D eigenvalue weighted by atomic mass is 10.1. The van der Waals surface area contributed by atoms with Gasteiger partial charge in [-0.25, -0.2) is 17.6 Å². The summed E-state index contributed by atoms with van der Waals surface area (Å²) in [5.41, 5.74) is 1.21. The SMILES string of the molecule is CCc1cccc(CC)c1S(=O)(=O)c1nn(C(=O)N(CC)CC)cc1F. The minimum Gasteiger partial charge on any atom is -0.323 e. The van der Waals surface area contributed by atoms with E-state index in [0.29, 0.717) is 37.1 Å². The third-order valence-corrected chi connectivity index (χ3v) is 6.18. The maximum Gasteiger partial charge on any atom is 0.344 e. The molecular formula is C18H24FN3O3S. The van der Waals surface area contributed by atoms with Gasteiger partial charge in [0, 0.05) is 13.1 Å². The van der Waals surface area contributed by atoms with Gasteiger partial charge in [-0.05, 0) is 37.8 Å². The van der Waals surface area contributed by atoms with Gasteiger partial charge in [0.25, 0.3) is 0 Å². The van der Waals surface area contributed by atoms with Gasteiger partial charge in [-0.1, -0.05) is 32.0 Å². The molecule has 1 amide bonds. The summed E-state index contributed by atoms with van der Waals surface area (Å²) in [5.74, 6) is -1.03. The van der Waals surface area contributed by atoms with E-state index < -0.39 is 26.7 Å². The summed E-state index contributed by atoms with van der Waals surface area (Å²) in [6.07, 6.45) is 1.81. The van der Waals surface area contributed by atoms with Crippen molar-refractivity contribution in [3.63, 3.8) is 0 Å². The van der Waals surface area contributed by atoms with Crippen LogP contribution in [0.2, 0.25) is 0 Å². The lowest BCUT2D eigenvalue weighted by Crippen LogP contribution is -2.34. The first-order valence-electron chi connectivity index (χ1n) is 8.71. The fourth-order valence-electron chi connectivity index (χ4n) is 2.89. The van der Waals surface area contributed by atoms with E-state index in [9.17, 15) is 17.6 Å². The molecule has 2 rings (SSSR count). The third kappa shape index (κ3) is 3.51. The van der Waals surface area contributed by atoms with E-state index in [1.54, 1.807) is 32.0 Å². The van der Waals surface area contributed by atoms with Crippen molar-refractivity contribution in [1.29, 1.82) is 0 Å². The molecule has 8 heteroatoms. The van der Waals surface area contributed by atoms with Crippen molar-refractivity contribution < 1.29 is 17.6 Å². The number of hydrogen-bond donors (Lipinski definition) is 0.